The number of aliphatic hydroxyl groups is 1. The highest BCUT2D eigenvalue weighted by atomic mass is 32.2. The van der Waals surface area contributed by atoms with Gasteiger partial charge in [-0.3, -0.25) is 4.90 Å². The average molecular weight is 234 g/mol. The van der Waals surface area contributed by atoms with Crippen LogP contribution in [0, 0.1) is 0 Å². The number of hydrogen-bond donors (Lipinski definition) is 2. The Balaban J connectivity index is 1.99. The van der Waals surface area contributed by atoms with E-state index in [2.05, 4.69) is 10.2 Å². The van der Waals surface area contributed by atoms with E-state index in [1.54, 1.807) is 0 Å². The van der Waals surface area contributed by atoms with Crippen molar-refractivity contribution in [2.45, 2.75) is 18.6 Å². The lowest BCUT2D eigenvalue weighted by Crippen LogP contribution is -2.44. The fraction of sp³-hybridized carbons (Fsp3) is 1.00. The van der Waals surface area contributed by atoms with Crippen LogP contribution in [0.5, 0.6) is 0 Å². The Morgan fingerprint density at radius 3 is 2.67 bits per heavy atom. The van der Waals surface area contributed by atoms with Crippen molar-refractivity contribution in [1.29, 1.82) is 0 Å². The SMILES string of the molecule is O=S1(=O)CCCN(C2CNCC2O)CC1. The van der Waals surface area contributed by atoms with Crippen LogP contribution in [0.3, 0.4) is 0 Å². The third kappa shape index (κ3) is 2.69. The Hall–Kier alpha value is -0.170. The maximum Gasteiger partial charge on any atom is 0.151 e. The van der Waals surface area contributed by atoms with E-state index < -0.39 is 9.84 Å². The number of β-amino-alcohol motifs (C(OH)–C–C–N with tert-alkyl or cyclic N) is 1. The molecule has 5 nitrogen and oxygen atoms in total. The first-order valence-corrected chi connectivity index (χ1v) is 7.24. The van der Waals surface area contributed by atoms with Crippen LogP contribution < -0.4 is 5.32 Å². The highest BCUT2D eigenvalue weighted by molar-refractivity contribution is 7.91. The van der Waals surface area contributed by atoms with Crippen molar-refractivity contribution in [3.05, 3.63) is 0 Å². The predicted molar refractivity (Wildman–Crippen MR) is 57.5 cm³/mol. The molecule has 0 amide bonds. The van der Waals surface area contributed by atoms with Gasteiger partial charge in [-0.2, -0.15) is 0 Å². The first-order valence-electron chi connectivity index (χ1n) is 5.42. The van der Waals surface area contributed by atoms with Crippen LogP contribution >= 0.6 is 0 Å². The molecule has 0 radical (unpaired) electrons. The van der Waals surface area contributed by atoms with Crippen LogP contribution in [-0.2, 0) is 9.84 Å². The maximum absolute atomic E-state index is 11.4. The second-order valence-corrected chi connectivity index (χ2v) is 6.64. The van der Waals surface area contributed by atoms with Crippen LogP contribution in [0.15, 0.2) is 0 Å². The largest absolute Gasteiger partial charge is 0.390 e. The van der Waals surface area contributed by atoms with Gasteiger partial charge in [0.25, 0.3) is 0 Å². The molecule has 2 atom stereocenters. The maximum atomic E-state index is 11.4. The summed E-state index contributed by atoms with van der Waals surface area (Å²) in [5.74, 6) is 0.524. The predicted octanol–water partition coefficient (Wildman–Crippen LogP) is -1.56. The van der Waals surface area contributed by atoms with Gasteiger partial charge in [-0.15, -0.1) is 0 Å². The van der Waals surface area contributed by atoms with E-state index in [4.69, 9.17) is 0 Å². The first kappa shape index (κ1) is 11.3. The summed E-state index contributed by atoms with van der Waals surface area (Å²) in [5, 5.41) is 12.8. The van der Waals surface area contributed by atoms with E-state index in [9.17, 15) is 13.5 Å². The number of sulfone groups is 1. The molecule has 2 aliphatic heterocycles. The van der Waals surface area contributed by atoms with Crippen LogP contribution in [0.1, 0.15) is 6.42 Å². The molecule has 2 N–H and O–H groups in total. The van der Waals surface area contributed by atoms with Crippen LogP contribution in [0.25, 0.3) is 0 Å². The van der Waals surface area contributed by atoms with Gasteiger partial charge < -0.3 is 10.4 Å². The molecular weight excluding hydrogens is 216 g/mol. The lowest BCUT2D eigenvalue weighted by Gasteiger charge is -2.28. The molecule has 6 heteroatoms. The van der Waals surface area contributed by atoms with Gasteiger partial charge >= 0.3 is 0 Å². The fourth-order valence-electron chi connectivity index (χ4n) is 2.31. The first-order chi connectivity index (χ1) is 7.08. The smallest absolute Gasteiger partial charge is 0.151 e. The molecular formula is C9H18N2O3S. The second kappa shape index (κ2) is 4.37. The Bertz CT molecular complexity index is 317. The molecule has 0 aromatic heterocycles. The standard InChI is InChI=1S/C9H18N2O3S/c12-9-7-10-6-8(9)11-2-1-4-15(13,14)5-3-11/h8-10,12H,1-7H2. The van der Waals surface area contributed by atoms with E-state index in [0.29, 0.717) is 25.3 Å². The Morgan fingerprint density at radius 2 is 2.00 bits per heavy atom. The summed E-state index contributed by atoms with van der Waals surface area (Å²) < 4.78 is 22.8. The molecule has 15 heavy (non-hydrogen) atoms. The molecule has 2 fully saturated rings. The second-order valence-electron chi connectivity index (χ2n) is 4.33. The number of nitrogens with one attached hydrogen (secondary N) is 1. The van der Waals surface area contributed by atoms with Crippen molar-refractivity contribution in [3.63, 3.8) is 0 Å². The summed E-state index contributed by atoms with van der Waals surface area (Å²) in [6, 6.07) is 0.0956. The molecule has 0 saturated carbocycles. The zero-order valence-electron chi connectivity index (χ0n) is 8.72. The van der Waals surface area contributed by atoms with Crippen LogP contribution in [-0.4, -0.2) is 68.3 Å². The van der Waals surface area contributed by atoms with E-state index in [1.165, 1.54) is 0 Å². The normalized spacial score (nSPS) is 37.7. The molecule has 2 aliphatic rings. The Kier molecular flexibility index (Phi) is 3.30. The number of nitrogens with zero attached hydrogens (tertiary/aromatic N) is 1. The molecule has 0 spiro atoms. The summed E-state index contributed by atoms with van der Waals surface area (Å²) in [6.45, 7) is 2.73. The minimum absolute atomic E-state index is 0.0956. The summed E-state index contributed by atoms with van der Waals surface area (Å²) in [5.41, 5.74) is 0. The van der Waals surface area contributed by atoms with Crippen molar-refractivity contribution in [3.8, 4) is 0 Å². The number of rotatable bonds is 1. The number of hydrogen-bond acceptors (Lipinski definition) is 5. The van der Waals surface area contributed by atoms with E-state index >= 15 is 0 Å². The molecule has 2 saturated heterocycles. The molecule has 0 aromatic rings. The lowest BCUT2D eigenvalue weighted by molar-refractivity contribution is 0.0881. The quantitative estimate of drug-likeness (QED) is 0.574. The molecule has 0 aromatic carbocycles. The topological polar surface area (TPSA) is 69.6 Å². The van der Waals surface area contributed by atoms with Crippen molar-refractivity contribution < 1.29 is 13.5 Å². The summed E-state index contributed by atoms with van der Waals surface area (Å²) in [7, 11) is -2.84. The zero-order valence-corrected chi connectivity index (χ0v) is 9.54. The fourth-order valence-corrected chi connectivity index (χ4v) is 3.60. The molecule has 0 aliphatic carbocycles. The minimum Gasteiger partial charge on any atom is -0.390 e. The molecule has 2 heterocycles. The van der Waals surface area contributed by atoms with Gasteiger partial charge in [0.2, 0.25) is 0 Å². The van der Waals surface area contributed by atoms with Gasteiger partial charge in [-0.1, -0.05) is 0 Å². The van der Waals surface area contributed by atoms with Crippen molar-refractivity contribution in [1.82, 2.24) is 10.2 Å². The van der Waals surface area contributed by atoms with Crippen molar-refractivity contribution in [2.24, 2.45) is 0 Å². The Labute approximate surface area is 90.4 Å². The summed E-state index contributed by atoms with van der Waals surface area (Å²) >= 11 is 0. The molecule has 2 unspecified atom stereocenters. The van der Waals surface area contributed by atoms with E-state index in [-0.39, 0.29) is 17.9 Å². The summed E-state index contributed by atoms with van der Waals surface area (Å²) in [6.07, 6.45) is 0.330. The van der Waals surface area contributed by atoms with Gasteiger partial charge in [0, 0.05) is 25.7 Å². The lowest BCUT2D eigenvalue weighted by atomic mass is 10.2. The minimum atomic E-state index is -2.84. The van der Waals surface area contributed by atoms with Gasteiger partial charge in [0.1, 0.15) is 0 Å². The highest BCUT2D eigenvalue weighted by Crippen LogP contribution is 2.13. The zero-order chi connectivity index (χ0) is 10.9. The third-order valence-corrected chi connectivity index (χ3v) is 4.93. The van der Waals surface area contributed by atoms with Crippen molar-refractivity contribution >= 4 is 9.84 Å². The Morgan fingerprint density at radius 1 is 1.20 bits per heavy atom. The monoisotopic (exact) mass is 234 g/mol. The van der Waals surface area contributed by atoms with E-state index in [1.807, 2.05) is 0 Å². The van der Waals surface area contributed by atoms with Crippen LogP contribution in [0.2, 0.25) is 0 Å². The van der Waals surface area contributed by atoms with Gasteiger partial charge in [-0.05, 0) is 13.0 Å². The van der Waals surface area contributed by atoms with Crippen LogP contribution in [0.4, 0.5) is 0 Å². The molecule has 2 rings (SSSR count). The highest BCUT2D eigenvalue weighted by Gasteiger charge is 2.32. The van der Waals surface area contributed by atoms with Gasteiger partial charge in [0.15, 0.2) is 9.84 Å². The van der Waals surface area contributed by atoms with Gasteiger partial charge in [0.05, 0.1) is 17.6 Å². The van der Waals surface area contributed by atoms with Gasteiger partial charge in [-0.25, -0.2) is 8.42 Å². The van der Waals surface area contributed by atoms with Crippen molar-refractivity contribution in [2.75, 3.05) is 37.7 Å². The van der Waals surface area contributed by atoms with E-state index in [0.717, 1.165) is 13.1 Å². The summed E-state index contributed by atoms with van der Waals surface area (Å²) in [4.78, 5) is 2.11. The molecule has 88 valence electrons. The average Bonchev–Trinajstić information content (AvgIpc) is 2.49. The molecule has 0 bridgehead atoms. The third-order valence-electron chi connectivity index (χ3n) is 3.21. The number of aliphatic hydroxyl groups excluding tert-OH is 1.